The van der Waals surface area contributed by atoms with Crippen molar-refractivity contribution in [2.75, 3.05) is 10.2 Å². The van der Waals surface area contributed by atoms with Gasteiger partial charge in [0.25, 0.3) is 0 Å². The average Bonchev–Trinajstić information content (AvgIpc) is 3.06. The molecule has 6 aromatic rings. The van der Waals surface area contributed by atoms with E-state index in [0.29, 0.717) is 0 Å². The number of benzene rings is 6. The summed E-state index contributed by atoms with van der Waals surface area (Å²) in [6.07, 6.45) is 7.07. The predicted molar refractivity (Wildman–Crippen MR) is 188 cm³/mol. The molecule has 0 aromatic heterocycles. The van der Waals surface area contributed by atoms with E-state index < -0.39 is 0 Å². The quantitative estimate of drug-likeness (QED) is 0.125. The van der Waals surface area contributed by atoms with Crippen LogP contribution < -0.4 is 10.2 Å². The van der Waals surface area contributed by atoms with Crippen molar-refractivity contribution in [3.05, 3.63) is 138 Å². The Bertz CT molecular complexity index is 1800. The Morgan fingerprint density at radius 2 is 0.977 bits per heavy atom. The lowest BCUT2D eigenvalue weighted by atomic mass is 9.96. The number of nitrogens with one attached hydrogen (secondary N) is 1. The Balaban J connectivity index is 1.59. The van der Waals surface area contributed by atoms with Gasteiger partial charge in [-0.1, -0.05) is 117 Å². The second kappa shape index (κ2) is 13.2. The topological polar surface area (TPSA) is 15.3 Å². The maximum atomic E-state index is 3.92. The highest BCUT2D eigenvalue weighted by molar-refractivity contribution is 6.22. The molecule has 0 saturated heterocycles. The van der Waals surface area contributed by atoms with Crippen LogP contribution in [0, 0.1) is 6.92 Å². The van der Waals surface area contributed by atoms with Gasteiger partial charge in [-0.15, -0.1) is 0 Å². The smallest absolute Gasteiger partial charge is 0.0782 e. The monoisotopic (exact) mass is 562 g/mol. The third-order valence-electron chi connectivity index (χ3n) is 8.48. The molecule has 0 aliphatic heterocycles. The lowest BCUT2D eigenvalue weighted by Gasteiger charge is -2.31. The zero-order chi connectivity index (χ0) is 29.6. The van der Waals surface area contributed by atoms with E-state index in [9.17, 15) is 0 Å². The second-order valence-corrected chi connectivity index (χ2v) is 11.7. The first-order valence-corrected chi connectivity index (χ1v) is 15.9. The van der Waals surface area contributed by atoms with Crippen LogP contribution in [0.2, 0.25) is 0 Å². The van der Waals surface area contributed by atoms with Crippen molar-refractivity contribution < 1.29 is 0 Å². The van der Waals surface area contributed by atoms with Crippen molar-refractivity contribution >= 4 is 50.0 Å². The number of nitrogens with zero attached hydrogens (tertiary/aromatic N) is 1. The molecular weight excluding hydrogens is 520 g/mol. The number of unbranched alkanes of at least 4 members (excludes halogenated alkanes) is 2. The van der Waals surface area contributed by atoms with E-state index in [-0.39, 0.29) is 0 Å². The van der Waals surface area contributed by atoms with E-state index in [4.69, 9.17) is 0 Å². The van der Waals surface area contributed by atoms with Crippen molar-refractivity contribution in [1.82, 2.24) is 0 Å². The minimum atomic E-state index is 1.10. The van der Waals surface area contributed by atoms with Crippen LogP contribution in [0.4, 0.5) is 28.4 Å². The first-order valence-electron chi connectivity index (χ1n) is 15.9. The van der Waals surface area contributed by atoms with Crippen LogP contribution in [0.1, 0.15) is 56.2 Å². The first-order chi connectivity index (χ1) is 21.2. The van der Waals surface area contributed by atoms with Gasteiger partial charge in [-0.25, -0.2) is 0 Å². The molecule has 0 atom stereocenters. The summed E-state index contributed by atoms with van der Waals surface area (Å²) in [5, 5.41) is 8.86. The number of anilines is 5. The summed E-state index contributed by atoms with van der Waals surface area (Å²) in [4.78, 5) is 2.44. The molecule has 0 unspecified atom stereocenters. The number of aryl methyl sites for hydroxylation is 3. The van der Waals surface area contributed by atoms with Gasteiger partial charge in [0.05, 0.1) is 11.4 Å². The Kier molecular flexibility index (Phi) is 8.75. The van der Waals surface area contributed by atoms with Gasteiger partial charge in [0.1, 0.15) is 0 Å². The maximum absolute atomic E-state index is 3.92. The number of rotatable bonds is 11. The van der Waals surface area contributed by atoms with Crippen LogP contribution in [0.3, 0.4) is 0 Å². The Morgan fingerprint density at radius 3 is 1.53 bits per heavy atom. The zero-order valence-electron chi connectivity index (χ0n) is 25.7. The molecule has 216 valence electrons. The van der Waals surface area contributed by atoms with Gasteiger partial charge in [-0.3, -0.25) is 0 Å². The molecule has 0 aliphatic carbocycles. The molecule has 0 spiro atoms. The molecule has 2 nitrogen and oxygen atoms in total. The third-order valence-corrected chi connectivity index (χ3v) is 8.48. The van der Waals surface area contributed by atoms with Crippen molar-refractivity contribution in [3.8, 4) is 0 Å². The fraction of sp³-hybridized carbons (Fsp3) is 0.220. The van der Waals surface area contributed by atoms with Gasteiger partial charge >= 0.3 is 0 Å². The molecule has 6 aromatic carbocycles. The number of hydrogen-bond donors (Lipinski definition) is 1. The van der Waals surface area contributed by atoms with Crippen LogP contribution >= 0.6 is 0 Å². The summed E-state index contributed by atoms with van der Waals surface area (Å²) >= 11 is 0. The lowest BCUT2D eigenvalue weighted by molar-refractivity contribution is 0.795. The van der Waals surface area contributed by atoms with Crippen LogP contribution in [-0.4, -0.2) is 0 Å². The van der Waals surface area contributed by atoms with Gasteiger partial charge in [-0.2, -0.15) is 0 Å². The van der Waals surface area contributed by atoms with Crippen molar-refractivity contribution in [2.24, 2.45) is 0 Å². The van der Waals surface area contributed by atoms with Gasteiger partial charge in [-0.05, 0) is 90.9 Å². The average molecular weight is 563 g/mol. The molecule has 0 heterocycles. The minimum absolute atomic E-state index is 1.10. The molecule has 43 heavy (non-hydrogen) atoms. The largest absolute Gasteiger partial charge is 0.353 e. The standard InChI is InChI=1S/C41H42N2/c1-4-6-12-31-20-24-33(25-21-31)42-40-38-16-10-8-14-36(38)37-15-9-11-17-39(37)41(40)43(34-26-18-30(3)19-27-34)35-28-22-32(23-29-35)13-7-5-2/h8-11,14-29,42H,4-7,12-13H2,1-3H3. The molecule has 6 rings (SSSR count). The van der Waals surface area contributed by atoms with E-state index in [1.807, 2.05) is 0 Å². The summed E-state index contributed by atoms with van der Waals surface area (Å²) in [5.41, 5.74) is 9.71. The number of fused-ring (bicyclic) bond motifs is 3. The van der Waals surface area contributed by atoms with Gasteiger partial charge < -0.3 is 10.2 Å². The van der Waals surface area contributed by atoms with Gasteiger partial charge in [0, 0.05) is 27.8 Å². The molecule has 0 bridgehead atoms. The molecule has 0 fully saturated rings. The molecule has 0 aliphatic rings. The maximum Gasteiger partial charge on any atom is 0.0782 e. The summed E-state index contributed by atoms with van der Waals surface area (Å²) in [5.74, 6) is 0. The highest BCUT2D eigenvalue weighted by Gasteiger charge is 2.22. The zero-order valence-corrected chi connectivity index (χ0v) is 25.7. The second-order valence-electron chi connectivity index (χ2n) is 11.7. The normalized spacial score (nSPS) is 11.2. The summed E-state index contributed by atoms with van der Waals surface area (Å²) < 4.78 is 0. The molecule has 0 saturated carbocycles. The summed E-state index contributed by atoms with van der Waals surface area (Å²) in [7, 11) is 0. The fourth-order valence-electron chi connectivity index (χ4n) is 6.06. The van der Waals surface area contributed by atoms with E-state index in [1.54, 1.807) is 0 Å². The molecule has 0 amide bonds. The molecule has 2 heteroatoms. The van der Waals surface area contributed by atoms with E-state index in [0.717, 1.165) is 41.3 Å². The van der Waals surface area contributed by atoms with Crippen molar-refractivity contribution in [3.63, 3.8) is 0 Å². The minimum Gasteiger partial charge on any atom is -0.353 e. The van der Waals surface area contributed by atoms with Gasteiger partial charge in [0.15, 0.2) is 0 Å². The Hall–Kier alpha value is -4.56. The SMILES string of the molecule is CCCCc1ccc(Nc2c(N(c3ccc(C)cc3)c3ccc(CCCC)cc3)c3ccccc3c3ccccc23)cc1. The first kappa shape index (κ1) is 28.6. The highest BCUT2D eigenvalue weighted by Crippen LogP contribution is 2.48. The lowest BCUT2D eigenvalue weighted by Crippen LogP contribution is -2.13. The van der Waals surface area contributed by atoms with E-state index >= 15 is 0 Å². The Labute approximate surface area is 257 Å². The van der Waals surface area contributed by atoms with Crippen LogP contribution in [-0.2, 0) is 12.8 Å². The van der Waals surface area contributed by atoms with Crippen LogP contribution in [0.15, 0.2) is 121 Å². The molecule has 1 N–H and O–H groups in total. The highest BCUT2D eigenvalue weighted by atomic mass is 15.2. The van der Waals surface area contributed by atoms with Crippen LogP contribution in [0.25, 0.3) is 21.5 Å². The molecular formula is C41H42N2. The van der Waals surface area contributed by atoms with Crippen molar-refractivity contribution in [2.45, 2.75) is 59.3 Å². The summed E-state index contributed by atoms with van der Waals surface area (Å²) in [6.45, 7) is 6.66. The number of hydrogen-bond acceptors (Lipinski definition) is 2. The van der Waals surface area contributed by atoms with Crippen molar-refractivity contribution in [1.29, 1.82) is 0 Å². The van der Waals surface area contributed by atoms with Gasteiger partial charge in [0.2, 0.25) is 0 Å². The van der Waals surface area contributed by atoms with Crippen LogP contribution in [0.5, 0.6) is 0 Å². The fourth-order valence-corrected chi connectivity index (χ4v) is 6.06. The van der Waals surface area contributed by atoms with E-state index in [1.165, 1.54) is 63.9 Å². The predicted octanol–water partition coefficient (Wildman–Crippen LogP) is 12.2. The Morgan fingerprint density at radius 1 is 0.512 bits per heavy atom. The summed E-state index contributed by atoms with van der Waals surface area (Å²) in [6, 6.07) is 44.8. The third kappa shape index (κ3) is 6.15. The molecule has 0 radical (unpaired) electrons. The van der Waals surface area contributed by atoms with E-state index in [2.05, 4.69) is 152 Å².